The molecule has 1 aromatic carbocycles. The Hall–Kier alpha value is -2.10. The van der Waals surface area contributed by atoms with Crippen LogP contribution in [0.1, 0.15) is 22.3 Å². The van der Waals surface area contributed by atoms with Gasteiger partial charge in [0.25, 0.3) is 0 Å². The Labute approximate surface area is 155 Å². The Morgan fingerprint density at radius 2 is 2.15 bits per heavy atom. The highest BCUT2D eigenvalue weighted by Gasteiger charge is 2.27. The summed E-state index contributed by atoms with van der Waals surface area (Å²) < 4.78 is 36.0. The van der Waals surface area contributed by atoms with Gasteiger partial charge in [0, 0.05) is 31.9 Å². The number of sulfone groups is 1. The number of hydrogen-bond donors (Lipinski definition) is 1. The minimum absolute atomic E-state index is 0.00638. The van der Waals surface area contributed by atoms with E-state index in [1.165, 1.54) is 25.4 Å². The highest BCUT2D eigenvalue weighted by Crippen LogP contribution is 2.37. The molecule has 0 aliphatic carbocycles. The first-order chi connectivity index (χ1) is 12.2. The Balaban J connectivity index is 2.03. The van der Waals surface area contributed by atoms with Crippen molar-refractivity contribution in [2.24, 2.45) is 7.05 Å². The van der Waals surface area contributed by atoms with Gasteiger partial charge < -0.3 is 14.6 Å². The molecule has 2 heterocycles. The normalized spacial score (nSPS) is 17.0. The van der Waals surface area contributed by atoms with E-state index in [2.05, 4.69) is 5.10 Å². The number of aromatic hydroxyl groups is 1. The molecule has 1 aliphatic heterocycles. The first-order valence-corrected chi connectivity index (χ1v) is 9.99. The molecule has 1 aromatic heterocycles. The zero-order valence-corrected chi connectivity index (χ0v) is 15.7. The Morgan fingerprint density at radius 1 is 1.46 bits per heavy atom. The number of ether oxygens (including phenoxy) is 2. The summed E-state index contributed by atoms with van der Waals surface area (Å²) in [5, 5.41) is 13.6. The van der Waals surface area contributed by atoms with E-state index >= 15 is 0 Å². The quantitative estimate of drug-likeness (QED) is 0.733. The van der Waals surface area contributed by atoms with E-state index in [0.29, 0.717) is 6.61 Å². The molecule has 1 aliphatic rings. The summed E-state index contributed by atoms with van der Waals surface area (Å²) in [4.78, 5) is 12.6. The zero-order valence-electron chi connectivity index (χ0n) is 14.1. The van der Waals surface area contributed by atoms with Gasteiger partial charge in [-0.3, -0.25) is 4.79 Å². The number of aromatic nitrogens is 2. The summed E-state index contributed by atoms with van der Waals surface area (Å²) in [5.41, 5.74) is -0.0401. The number of carbonyl (C=O) groups excluding carboxylic acids is 1. The zero-order chi connectivity index (χ0) is 19.1. The summed E-state index contributed by atoms with van der Waals surface area (Å²) in [6.07, 6.45) is 2.90. The number of aryl methyl sites for hydroxylation is 1. The van der Waals surface area contributed by atoms with Crippen molar-refractivity contribution in [3.8, 4) is 11.6 Å². The summed E-state index contributed by atoms with van der Waals surface area (Å²) in [6.45, 7) is 0.748. The molecule has 0 radical (unpaired) electrons. The van der Waals surface area contributed by atoms with Crippen molar-refractivity contribution in [1.29, 1.82) is 0 Å². The largest absolute Gasteiger partial charge is 0.493 e. The van der Waals surface area contributed by atoms with Crippen molar-refractivity contribution >= 4 is 27.2 Å². The highest BCUT2D eigenvalue weighted by atomic mass is 35.5. The average molecular weight is 401 g/mol. The highest BCUT2D eigenvalue weighted by molar-refractivity contribution is 7.90. The van der Waals surface area contributed by atoms with Crippen LogP contribution in [0.4, 0.5) is 0 Å². The van der Waals surface area contributed by atoms with Crippen molar-refractivity contribution < 1.29 is 27.8 Å². The van der Waals surface area contributed by atoms with Crippen LogP contribution >= 0.6 is 11.6 Å². The summed E-state index contributed by atoms with van der Waals surface area (Å²) >= 11 is 6.31. The molecule has 10 heteroatoms. The van der Waals surface area contributed by atoms with Gasteiger partial charge in [-0.1, -0.05) is 11.6 Å². The molecule has 1 atom stereocenters. The number of halogens is 1. The van der Waals surface area contributed by atoms with E-state index in [-0.39, 0.29) is 45.4 Å². The average Bonchev–Trinajstić information content (AvgIpc) is 2.85. The van der Waals surface area contributed by atoms with Crippen molar-refractivity contribution in [2.75, 3.05) is 19.5 Å². The van der Waals surface area contributed by atoms with E-state index in [1.807, 2.05) is 0 Å². The van der Waals surface area contributed by atoms with Gasteiger partial charge in [0.05, 0.1) is 17.3 Å². The van der Waals surface area contributed by atoms with E-state index in [9.17, 15) is 18.3 Å². The minimum Gasteiger partial charge on any atom is -0.493 e. The van der Waals surface area contributed by atoms with E-state index < -0.39 is 15.6 Å². The lowest BCUT2D eigenvalue weighted by Gasteiger charge is -2.27. The number of rotatable bonds is 6. The van der Waals surface area contributed by atoms with Crippen LogP contribution in [0.3, 0.4) is 0 Å². The van der Waals surface area contributed by atoms with Gasteiger partial charge >= 0.3 is 0 Å². The fourth-order valence-corrected chi connectivity index (χ4v) is 3.64. The van der Waals surface area contributed by atoms with Gasteiger partial charge in [-0.25, -0.2) is 13.1 Å². The minimum atomic E-state index is -3.63. The van der Waals surface area contributed by atoms with Crippen LogP contribution in [0, 0.1) is 0 Å². The maximum absolute atomic E-state index is 12.7. The molecule has 0 spiro atoms. The van der Waals surface area contributed by atoms with E-state index in [0.717, 1.165) is 17.4 Å². The van der Waals surface area contributed by atoms with E-state index in [1.54, 1.807) is 0 Å². The molecular formula is C16H17ClN2O6S. The number of benzene rings is 1. The lowest BCUT2D eigenvalue weighted by atomic mass is 10.1. The molecule has 0 saturated carbocycles. The number of ketones is 1. The van der Waals surface area contributed by atoms with Gasteiger partial charge in [-0.05, 0) is 12.1 Å². The first-order valence-electron chi connectivity index (χ1n) is 7.72. The fourth-order valence-electron chi connectivity index (χ4n) is 2.47. The van der Waals surface area contributed by atoms with Crippen LogP contribution in [-0.4, -0.2) is 54.7 Å². The molecule has 1 unspecified atom stereocenters. The lowest BCUT2D eigenvalue weighted by molar-refractivity contribution is -0.0724. The molecule has 1 N–H and O–H groups in total. The van der Waals surface area contributed by atoms with Gasteiger partial charge in [-0.15, -0.1) is 0 Å². The van der Waals surface area contributed by atoms with Gasteiger partial charge in [-0.2, -0.15) is 5.10 Å². The second-order valence-electron chi connectivity index (χ2n) is 5.95. The SMILES string of the molecule is Cn1ncc(C(=O)c2ccc(S(C)(=O)=O)c(OCC3CCO3)c2Cl)c1O. The molecule has 3 rings (SSSR count). The van der Waals surface area contributed by atoms with Crippen LogP contribution < -0.4 is 4.74 Å². The third kappa shape index (κ3) is 3.42. The van der Waals surface area contributed by atoms with Gasteiger partial charge in [0.2, 0.25) is 11.7 Å². The Bertz CT molecular complexity index is 965. The predicted molar refractivity (Wildman–Crippen MR) is 92.7 cm³/mol. The maximum atomic E-state index is 12.7. The third-order valence-electron chi connectivity index (χ3n) is 4.06. The van der Waals surface area contributed by atoms with E-state index in [4.69, 9.17) is 21.1 Å². The van der Waals surface area contributed by atoms with Crippen LogP contribution in [0.15, 0.2) is 23.2 Å². The number of nitrogens with zero attached hydrogens (tertiary/aromatic N) is 2. The second-order valence-corrected chi connectivity index (χ2v) is 8.32. The summed E-state index contributed by atoms with van der Waals surface area (Å²) in [5.74, 6) is -1.01. The lowest BCUT2D eigenvalue weighted by Crippen LogP contribution is -2.32. The molecule has 26 heavy (non-hydrogen) atoms. The van der Waals surface area contributed by atoms with Gasteiger partial charge in [0.1, 0.15) is 17.1 Å². The molecule has 2 aromatic rings. The second kappa shape index (κ2) is 6.90. The first kappa shape index (κ1) is 18.7. The molecule has 140 valence electrons. The molecule has 8 nitrogen and oxygen atoms in total. The van der Waals surface area contributed by atoms with Crippen molar-refractivity contribution in [3.05, 3.63) is 34.5 Å². The van der Waals surface area contributed by atoms with Crippen LogP contribution in [0.5, 0.6) is 11.6 Å². The van der Waals surface area contributed by atoms with Crippen molar-refractivity contribution in [1.82, 2.24) is 9.78 Å². The van der Waals surface area contributed by atoms with Crippen molar-refractivity contribution in [2.45, 2.75) is 17.4 Å². The number of carbonyl (C=O) groups is 1. The smallest absolute Gasteiger partial charge is 0.220 e. The van der Waals surface area contributed by atoms with Crippen LogP contribution in [-0.2, 0) is 21.6 Å². The monoisotopic (exact) mass is 400 g/mol. The summed E-state index contributed by atoms with van der Waals surface area (Å²) in [7, 11) is -2.15. The molecule has 0 bridgehead atoms. The Morgan fingerprint density at radius 3 is 2.65 bits per heavy atom. The topological polar surface area (TPSA) is 108 Å². The molecule has 1 saturated heterocycles. The molecular weight excluding hydrogens is 384 g/mol. The van der Waals surface area contributed by atoms with Crippen LogP contribution in [0.25, 0.3) is 0 Å². The summed E-state index contributed by atoms with van der Waals surface area (Å²) in [6, 6.07) is 2.55. The number of hydrogen-bond acceptors (Lipinski definition) is 7. The standard InChI is InChI=1S/C16H17ClN2O6S/c1-19-16(21)11(7-18-19)14(20)10-3-4-12(26(2,22)23)15(13(10)17)25-8-9-5-6-24-9/h3-4,7,9,21H,5-6,8H2,1-2H3. The molecule has 0 amide bonds. The fraction of sp³-hybridized carbons (Fsp3) is 0.375. The third-order valence-corrected chi connectivity index (χ3v) is 5.56. The van der Waals surface area contributed by atoms with Gasteiger partial charge in [0.15, 0.2) is 15.6 Å². The Kier molecular flexibility index (Phi) is 4.96. The molecule has 1 fully saturated rings. The predicted octanol–water partition coefficient (Wildman–Crippen LogP) is 1.58. The van der Waals surface area contributed by atoms with Crippen molar-refractivity contribution in [3.63, 3.8) is 0 Å². The maximum Gasteiger partial charge on any atom is 0.220 e. The van der Waals surface area contributed by atoms with Crippen LogP contribution in [0.2, 0.25) is 5.02 Å².